The lowest BCUT2D eigenvalue weighted by molar-refractivity contribution is 0.0947. The fourth-order valence-electron chi connectivity index (χ4n) is 2.13. The van der Waals surface area contributed by atoms with Crippen LogP contribution in [0.25, 0.3) is 11.0 Å². The van der Waals surface area contributed by atoms with Crippen LogP contribution in [0.1, 0.15) is 30.8 Å². The van der Waals surface area contributed by atoms with Gasteiger partial charge >= 0.3 is 0 Å². The normalized spacial score (nSPS) is 11.2. The summed E-state index contributed by atoms with van der Waals surface area (Å²) in [5.41, 5.74) is 1.22. The monoisotopic (exact) mass is 275 g/mol. The largest absolute Gasteiger partial charge is 0.351 e. The molecular formula is C14H21N5O. The van der Waals surface area contributed by atoms with Gasteiger partial charge in [-0.2, -0.15) is 0 Å². The average Bonchev–Trinajstić information content (AvgIpc) is 2.91. The maximum Gasteiger partial charge on any atom is 0.267 e. The highest BCUT2D eigenvalue weighted by Crippen LogP contribution is 2.10. The highest BCUT2D eigenvalue weighted by atomic mass is 16.1. The number of carbonyl (C=O) groups is 1. The number of H-pyrrole nitrogens is 1. The Hall–Kier alpha value is -1.95. The number of amides is 1. The first-order valence-corrected chi connectivity index (χ1v) is 7.03. The fraction of sp³-hybridized carbons (Fsp3) is 0.500. The molecule has 0 aromatic carbocycles. The number of hydrogen-bond donors (Lipinski definition) is 2. The molecule has 2 heterocycles. The summed E-state index contributed by atoms with van der Waals surface area (Å²) in [6.07, 6.45) is 4.11. The summed E-state index contributed by atoms with van der Waals surface area (Å²) < 4.78 is 0. The van der Waals surface area contributed by atoms with Crippen molar-refractivity contribution >= 4 is 16.9 Å². The molecule has 0 saturated carbocycles. The maximum absolute atomic E-state index is 12.0. The lowest BCUT2D eigenvalue weighted by Gasteiger charge is -2.17. The summed E-state index contributed by atoms with van der Waals surface area (Å²) in [6.45, 7) is 8.07. The second kappa shape index (κ2) is 7.00. The Morgan fingerprint density at radius 1 is 1.40 bits per heavy atom. The molecule has 1 amide bonds. The lowest BCUT2D eigenvalue weighted by atomic mass is 10.3. The van der Waals surface area contributed by atoms with Crippen LogP contribution in [-0.2, 0) is 0 Å². The van der Waals surface area contributed by atoms with Crippen molar-refractivity contribution in [3.8, 4) is 0 Å². The number of hydrogen-bond acceptors (Lipinski definition) is 4. The molecule has 0 fully saturated rings. The standard InChI is InChI=1S/C14H21N5O/c1-3-19(4-2)7-5-6-16-14(20)12-8-11-9-15-10-17-13(11)18-12/h8-10H,3-7H2,1-2H3,(H,16,20)(H,15,17,18). The third kappa shape index (κ3) is 3.54. The molecule has 108 valence electrons. The number of fused-ring (bicyclic) bond motifs is 1. The van der Waals surface area contributed by atoms with Crippen LogP contribution in [-0.4, -0.2) is 51.9 Å². The first kappa shape index (κ1) is 14.5. The Kier molecular flexibility index (Phi) is 5.06. The first-order valence-electron chi connectivity index (χ1n) is 7.03. The third-order valence-electron chi connectivity index (χ3n) is 3.37. The molecule has 0 bridgehead atoms. The third-order valence-corrected chi connectivity index (χ3v) is 3.37. The Labute approximate surface area is 118 Å². The van der Waals surface area contributed by atoms with E-state index in [4.69, 9.17) is 0 Å². The van der Waals surface area contributed by atoms with Crippen LogP contribution in [0.2, 0.25) is 0 Å². The van der Waals surface area contributed by atoms with Gasteiger partial charge in [0, 0.05) is 18.1 Å². The van der Waals surface area contributed by atoms with E-state index in [9.17, 15) is 4.79 Å². The molecule has 6 heteroatoms. The van der Waals surface area contributed by atoms with E-state index in [1.807, 2.05) is 0 Å². The SMILES string of the molecule is CCN(CC)CCCNC(=O)c1cc2cncnc2[nH]1. The minimum Gasteiger partial charge on any atom is -0.351 e. The van der Waals surface area contributed by atoms with Crippen molar-refractivity contribution in [1.29, 1.82) is 0 Å². The highest BCUT2D eigenvalue weighted by molar-refractivity contribution is 5.96. The summed E-state index contributed by atoms with van der Waals surface area (Å²) in [7, 11) is 0. The predicted molar refractivity (Wildman–Crippen MR) is 78.6 cm³/mol. The van der Waals surface area contributed by atoms with Crippen LogP contribution in [0.3, 0.4) is 0 Å². The Bertz CT molecular complexity index is 528. The first-order chi connectivity index (χ1) is 9.74. The molecule has 6 nitrogen and oxygen atoms in total. The zero-order valence-electron chi connectivity index (χ0n) is 12.0. The van der Waals surface area contributed by atoms with Crippen LogP contribution in [0, 0.1) is 0 Å². The van der Waals surface area contributed by atoms with E-state index in [1.165, 1.54) is 6.33 Å². The number of aromatic amines is 1. The van der Waals surface area contributed by atoms with Gasteiger partial charge in [-0.15, -0.1) is 0 Å². The molecular weight excluding hydrogens is 254 g/mol. The number of nitrogens with zero attached hydrogens (tertiary/aromatic N) is 3. The topological polar surface area (TPSA) is 73.9 Å². The molecule has 0 unspecified atom stereocenters. The van der Waals surface area contributed by atoms with Crippen LogP contribution >= 0.6 is 0 Å². The lowest BCUT2D eigenvalue weighted by Crippen LogP contribution is -2.30. The van der Waals surface area contributed by atoms with Crippen LogP contribution in [0.4, 0.5) is 0 Å². The van der Waals surface area contributed by atoms with Gasteiger partial charge in [-0.25, -0.2) is 9.97 Å². The van der Waals surface area contributed by atoms with Crippen molar-refractivity contribution in [3.63, 3.8) is 0 Å². The zero-order valence-corrected chi connectivity index (χ0v) is 12.0. The van der Waals surface area contributed by atoms with E-state index in [0.717, 1.165) is 31.4 Å². The molecule has 2 aromatic rings. The van der Waals surface area contributed by atoms with Gasteiger partial charge in [0.05, 0.1) is 0 Å². The van der Waals surface area contributed by atoms with E-state index in [1.54, 1.807) is 12.3 Å². The van der Waals surface area contributed by atoms with Crippen molar-refractivity contribution in [1.82, 2.24) is 25.2 Å². The molecule has 20 heavy (non-hydrogen) atoms. The number of nitrogens with one attached hydrogen (secondary N) is 2. The molecule has 0 aliphatic carbocycles. The molecule has 2 aromatic heterocycles. The van der Waals surface area contributed by atoms with Gasteiger partial charge in [0.2, 0.25) is 0 Å². The Morgan fingerprint density at radius 3 is 2.90 bits per heavy atom. The molecule has 0 radical (unpaired) electrons. The summed E-state index contributed by atoms with van der Waals surface area (Å²) in [6, 6.07) is 1.77. The van der Waals surface area contributed by atoms with E-state index in [-0.39, 0.29) is 5.91 Å². The second-order valence-electron chi connectivity index (χ2n) is 4.65. The maximum atomic E-state index is 12.0. The Balaban J connectivity index is 1.83. The Morgan fingerprint density at radius 2 is 2.20 bits per heavy atom. The number of carbonyl (C=O) groups excluding carboxylic acids is 1. The van der Waals surface area contributed by atoms with E-state index in [0.29, 0.717) is 17.9 Å². The van der Waals surface area contributed by atoms with Crippen molar-refractivity contribution in [2.24, 2.45) is 0 Å². The summed E-state index contributed by atoms with van der Waals surface area (Å²) in [5.74, 6) is -0.0949. The zero-order chi connectivity index (χ0) is 14.4. The van der Waals surface area contributed by atoms with Crippen molar-refractivity contribution < 1.29 is 4.79 Å². The van der Waals surface area contributed by atoms with Gasteiger partial charge in [0.1, 0.15) is 17.7 Å². The molecule has 0 aliphatic rings. The van der Waals surface area contributed by atoms with E-state index in [2.05, 4.69) is 39.0 Å². The summed E-state index contributed by atoms with van der Waals surface area (Å²) in [5, 5.41) is 3.77. The summed E-state index contributed by atoms with van der Waals surface area (Å²) >= 11 is 0. The van der Waals surface area contributed by atoms with Gasteiger partial charge in [-0.05, 0) is 32.1 Å². The highest BCUT2D eigenvalue weighted by Gasteiger charge is 2.09. The van der Waals surface area contributed by atoms with E-state index >= 15 is 0 Å². The van der Waals surface area contributed by atoms with Crippen molar-refractivity contribution in [3.05, 3.63) is 24.3 Å². The second-order valence-corrected chi connectivity index (χ2v) is 4.65. The molecule has 2 N–H and O–H groups in total. The van der Waals surface area contributed by atoms with Crippen molar-refractivity contribution in [2.75, 3.05) is 26.2 Å². The molecule has 0 aliphatic heterocycles. The van der Waals surface area contributed by atoms with Gasteiger partial charge in [-0.1, -0.05) is 13.8 Å². The smallest absolute Gasteiger partial charge is 0.267 e. The van der Waals surface area contributed by atoms with Crippen LogP contribution in [0.15, 0.2) is 18.6 Å². The van der Waals surface area contributed by atoms with Crippen LogP contribution < -0.4 is 5.32 Å². The molecule has 0 saturated heterocycles. The van der Waals surface area contributed by atoms with Gasteiger partial charge in [0.15, 0.2) is 0 Å². The quantitative estimate of drug-likeness (QED) is 0.749. The molecule has 2 rings (SSSR count). The number of rotatable bonds is 7. The van der Waals surface area contributed by atoms with Crippen molar-refractivity contribution in [2.45, 2.75) is 20.3 Å². The molecule has 0 spiro atoms. The van der Waals surface area contributed by atoms with Gasteiger partial charge in [-0.3, -0.25) is 4.79 Å². The number of aromatic nitrogens is 3. The van der Waals surface area contributed by atoms with E-state index < -0.39 is 0 Å². The minimum atomic E-state index is -0.0949. The van der Waals surface area contributed by atoms with Gasteiger partial charge in [0.25, 0.3) is 5.91 Å². The predicted octanol–water partition coefficient (Wildman–Crippen LogP) is 1.42. The summed E-state index contributed by atoms with van der Waals surface area (Å²) in [4.78, 5) is 25.3. The van der Waals surface area contributed by atoms with Gasteiger partial charge < -0.3 is 15.2 Å². The minimum absolute atomic E-state index is 0.0949. The molecule has 0 atom stereocenters. The average molecular weight is 275 g/mol. The van der Waals surface area contributed by atoms with Crippen LogP contribution in [0.5, 0.6) is 0 Å². The fourth-order valence-corrected chi connectivity index (χ4v) is 2.13.